The van der Waals surface area contributed by atoms with Crippen molar-refractivity contribution in [3.63, 3.8) is 0 Å². The first kappa shape index (κ1) is 30.3. The largest absolute Gasteiger partial charge is 0.494 e. The average molecular weight is 607 g/mol. The minimum Gasteiger partial charge on any atom is -0.494 e. The number of ether oxygens (including phenoxy) is 4. The Bertz CT molecular complexity index is 1590. The summed E-state index contributed by atoms with van der Waals surface area (Å²) in [5, 5.41) is 6.61. The third-order valence-corrected chi connectivity index (χ3v) is 6.82. The number of benzene rings is 4. The normalized spacial score (nSPS) is 10.7. The van der Waals surface area contributed by atoms with Crippen molar-refractivity contribution in [3.8, 4) is 23.0 Å². The lowest BCUT2D eigenvalue weighted by Crippen LogP contribution is -2.14. The highest BCUT2D eigenvalue weighted by Gasteiger charge is 2.16. The maximum Gasteiger partial charge on any atom is 0.255 e. The minimum absolute atomic E-state index is 0.159. The van der Waals surface area contributed by atoms with Crippen LogP contribution in [-0.4, -0.2) is 33.1 Å². The minimum atomic E-state index is -0.413. The van der Waals surface area contributed by atoms with Crippen LogP contribution in [0.4, 0.5) is 11.4 Å². The molecule has 4 aromatic carbocycles. The number of hydrogen-bond donors (Lipinski definition) is 2. The molecule has 0 bridgehead atoms. The van der Waals surface area contributed by atoms with Crippen LogP contribution < -0.4 is 29.6 Å². The molecule has 4 rings (SSSR count). The molecule has 0 fully saturated rings. The van der Waals surface area contributed by atoms with Crippen LogP contribution in [0, 0.1) is 0 Å². The molecule has 0 aliphatic carbocycles. The highest BCUT2D eigenvalue weighted by atomic mass is 35.5. The van der Waals surface area contributed by atoms with E-state index in [1.165, 1.54) is 27.4 Å². The topological polar surface area (TPSA) is 95.1 Å². The third kappa shape index (κ3) is 7.54. The fourth-order valence-electron chi connectivity index (χ4n) is 3.95. The summed E-state index contributed by atoms with van der Waals surface area (Å²) in [4.78, 5) is 25.4. The van der Waals surface area contributed by atoms with E-state index in [0.29, 0.717) is 61.1 Å². The van der Waals surface area contributed by atoms with Crippen molar-refractivity contribution >= 4 is 52.5 Å². The van der Waals surface area contributed by atoms with E-state index in [2.05, 4.69) is 10.6 Å². The van der Waals surface area contributed by atoms with Crippen molar-refractivity contribution in [2.24, 2.45) is 0 Å². The third-order valence-electron chi connectivity index (χ3n) is 6.11. The smallest absolute Gasteiger partial charge is 0.255 e. The summed E-state index contributed by atoms with van der Waals surface area (Å²) in [6.45, 7) is 0.159. The van der Waals surface area contributed by atoms with Gasteiger partial charge in [0.15, 0.2) is 11.5 Å². The van der Waals surface area contributed by atoms with Gasteiger partial charge < -0.3 is 29.6 Å². The lowest BCUT2D eigenvalue weighted by molar-refractivity contribution is -0.111. The summed E-state index contributed by atoms with van der Waals surface area (Å²) in [6, 6.07) is 22.4. The van der Waals surface area contributed by atoms with Crippen molar-refractivity contribution in [2.45, 2.75) is 6.61 Å². The predicted octanol–water partition coefficient (Wildman–Crippen LogP) is 7.50. The fourth-order valence-corrected chi connectivity index (χ4v) is 4.46. The van der Waals surface area contributed by atoms with Crippen LogP contribution in [0.25, 0.3) is 6.08 Å². The molecule has 8 nitrogen and oxygen atoms in total. The Morgan fingerprint density at radius 3 is 1.95 bits per heavy atom. The van der Waals surface area contributed by atoms with Gasteiger partial charge >= 0.3 is 0 Å². The van der Waals surface area contributed by atoms with Gasteiger partial charge in [0, 0.05) is 39.4 Å². The van der Waals surface area contributed by atoms with E-state index in [1.54, 1.807) is 78.9 Å². The van der Waals surface area contributed by atoms with E-state index in [4.69, 9.17) is 42.1 Å². The molecule has 216 valence electrons. The molecule has 0 saturated carbocycles. The number of halogens is 2. The van der Waals surface area contributed by atoms with Gasteiger partial charge in [0.2, 0.25) is 5.91 Å². The van der Waals surface area contributed by atoms with E-state index in [1.807, 2.05) is 6.07 Å². The van der Waals surface area contributed by atoms with Gasteiger partial charge in [-0.1, -0.05) is 53.5 Å². The molecule has 0 heterocycles. The van der Waals surface area contributed by atoms with Gasteiger partial charge in [0.05, 0.1) is 32.7 Å². The first-order valence-corrected chi connectivity index (χ1v) is 13.4. The molecule has 10 heteroatoms. The van der Waals surface area contributed by atoms with E-state index < -0.39 is 5.91 Å². The molecule has 0 saturated heterocycles. The van der Waals surface area contributed by atoms with Gasteiger partial charge in [-0.3, -0.25) is 9.59 Å². The number of anilines is 2. The Kier molecular flexibility index (Phi) is 10.3. The number of carbonyl (C=O) groups is 2. The fraction of sp³-hybridized carbons (Fsp3) is 0.125. The summed E-state index contributed by atoms with van der Waals surface area (Å²) in [6.07, 6.45) is 3.00. The van der Waals surface area contributed by atoms with Crippen LogP contribution in [0.3, 0.4) is 0 Å². The van der Waals surface area contributed by atoms with E-state index in [9.17, 15) is 9.59 Å². The Balaban J connectivity index is 1.45. The zero-order chi connectivity index (χ0) is 30.1. The van der Waals surface area contributed by atoms with Crippen molar-refractivity contribution in [1.82, 2.24) is 0 Å². The van der Waals surface area contributed by atoms with E-state index >= 15 is 0 Å². The van der Waals surface area contributed by atoms with Gasteiger partial charge in [-0.15, -0.1) is 0 Å². The molecule has 0 aromatic heterocycles. The average Bonchev–Trinajstić information content (AvgIpc) is 3.00. The number of carbonyl (C=O) groups excluding carboxylic acids is 2. The molecule has 0 unspecified atom stereocenters. The van der Waals surface area contributed by atoms with Crippen LogP contribution in [0.15, 0.2) is 84.9 Å². The number of nitrogens with one attached hydrogen (secondary N) is 2. The Morgan fingerprint density at radius 1 is 0.714 bits per heavy atom. The quantitative estimate of drug-likeness (QED) is 0.172. The van der Waals surface area contributed by atoms with Crippen molar-refractivity contribution in [3.05, 3.63) is 112 Å². The summed E-state index contributed by atoms with van der Waals surface area (Å²) in [7, 11) is 4.46. The highest BCUT2D eigenvalue weighted by molar-refractivity contribution is 6.35. The Morgan fingerprint density at radius 2 is 1.33 bits per heavy atom. The standard InChI is InChI=1S/C32H28Cl2N2O6/c1-39-28-18-26(36-32(38)21-8-5-4-6-9-21)29(40-2)17-25(28)35-31(37)15-13-20-12-14-27(30(16-20)41-3)42-19-22-23(33)10-7-11-24(22)34/h4-18H,19H2,1-3H3,(H,35,37)(H,36,38)/b15-13+. The molecule has 0 radical (unpaired) electrons. The van der Waals surface area contributed by atoms with Gasteiger partial charge in [-0.05, 0) is 48.0 Å². The molecule has 2 amide bonds. The number of rotatable bonds is 11. The molecular formula is C32H28Cl2N2O6. The molecule has 0 aliphatic rings. The first-order valence-electron chi connectivity index (χ1n) is 12.7. The Hall–Kier alpha value is -4.66. The van der Waals surface area contributed by atoms with Crippen molar-refractivity contribution < 1.29 is 28.5 Å². The number of hydrogen-bond acceptors (Lipinski definition) is 6. The zero-order valence-corrected chi connectivity index (χ0v) is 24.6. The zero-order valence-electron chi connectivity index (χ0n) is 23.1. The van der Waals surface area contributed by atoms with E-state index in [-0.39, 0.29) is 12.5 Å². The lowest BCUT2D eigenvalue weighted by Gasteiger charge is -2.16. The Labute approximate surface area is 253 Å². The number of amides is 2. The maximum absolute atomic E-state index is 12.8. The molecule has 0 aliphatic heterocycles. The summed E-state index contributed by atoms with van der Waals surface area (Å²) in [5.41, 5.74) is 2.61. The second-order valence-corrected chi connectivity index (χ2v) is 9.61. The summed E-state index contributed by atoms with van der Waals surface area (Å²) >= 11 is 12.5. The van der Waals surface area contributed by atoms with Crippen LogP contribution in [0.5, 0.6) is 23.0 Å². The van der Waals surface area contributed by atoms with Crippen LogP contribution in [0.1, 0.15) is 21.5 Å². The molecular weight excluding hydrogens is 579 g/mol. The first-order chi connectivity index (χ1) is 20.3. The van der Waals surface area contributed by atoms with Crippen LogP contribution >= 0.6 is 23.2 Å². The number of methoxy groups -OCH3 is 3. The summed E-state index contributed by atoms with van der Waals surface area (Å²) < 4.78 is 22.3. The second-order valence-electron chi connectivity index (χ2n) is 8.79. The van der Waals surface area contributed by atoms with Crippen LogP contribution in [0.2, 0.25) is 10.0 Å². The monoisotopic (exact) mass is 606 g/mol. The lowest BCUT2D eigenvalue weighted by atomic mass is 10.1. The van der Waals surface area contributed by atoms with Gasteiger partial charge in [0.25, 0.3) is 5.91 Å². The van der Waals surface area contributed by atoms with Crippen molar-refractivity contribution in [1.29, 1.82) is 0 Å². The van der Waals surface area contributed by atoms with Gasteiger partial charge in [-0.2, -0.15) is 0 Å². The van der Waals surface area contributed by atoms with Crippen molar-refractivity contribution in [2.75, 3.05) is 32.0 Å². The second kappa shape index (κ2) is 14.3. The van der Waals surface area contributed by atoms with E-state index in [0.717, 1.165) is 0 Å². The predicted molar refractivity (Wildman–Crippen MR) is 165 cm³/mol. The maximum atomic E-state index is 12.8. The van der Waals surface area contributed by atoms with Gasteiger partial charge in [-0.25, -0.2) is 0 Å². The molecule has 4 aromatic rings. The molecule has 2 N–H and O–H groups in total. The van der Waals surface area contributed by atoms with Crippen LogP contribution in [-0.2, 0) is 11.4 Å². The summed E-state index contributed by atoms with van der Waals surface area (Å²) in [5.74, 6) is 0.923. The molecule has 0 spiro atoms. The SMILES string of the molecule is COc1cc(NC(=O)c2ccccc2)c(OC)cc1NC(=O)/C=C/c1ccc(OCc2c(Cl)cccc2Cl)c(OC)c1. The molecule has 42 heavy (non-hydrogen) atoms. The van der Waals surface area contributed by atoms with Gasteiger partial charge in [0.1, 0.15) is 18.1 Å². The highest BCUT2D eigenvalue weighted by Crippen LogP contribution is 2.37. The molecule has 0 atom stereocenters.